The van der Waals surface area contributed by atoms with Crippen LogP contribution in [0, 0.1) is 5.92 Å². The number of nitrogens with one attached hydrogen (secondary N) is 1. The maximum absolute atomic E-state index is 12.5. The second kappa shape index (κ2) is 8.62. The molecule has 0 saturated heterocycles. The summed E-state index contributed by atoms with van der Waals surface area (Å²) in [5.74, 6) is 0.340. The Kier molecular flexibility index (Phi) is 5.75. The van der Waals surface area contributed by atoms with E-state index in [4.69, 9.17) is 9.47 Å². The molecular formula is C20H21N5O4S. The van der Waals surface area contributed by atoms with Crippen molar-refractivity contribution >= 4 is 28.2 Å². The van der Waals surface area contributed by atoms with Crippen LogP contribution in [0.5, 0.6) is 5.75 Å². The van der Waals surface area contributed by atoms with Gasteiger partial charge in [0.15, 0.2) is 6.61 Å². The first-order valence-electron chi connectivity index (χ1n) is 9.54. The summed E-state index contributed by atoms with van der Waals surface area (Å²) in [5, 5.41) is 14.3. The number of carbonyl (C=O) groups excluding carboxylic acids is 2. The fourth-order valence-corrected chi connectivity index (χ4v) is 4.86. The zero-order valence-electron chi connectivity index (χ0n) is 16.6. The zero-order chi connectivity index (χ0) is 21.1. The second-order valence-corrected chi connectivity index (χ2v) is 8.24. The van der Waals surface area contributed by atoms with Crippen molar-refractivity contribution in [2.24, 2.45) is 5.92 Å². The standard InChI is InChI=1S/C20H21N5O4S/c1-12-3-8-15-16(9-12)30-19(18(15)20(27)28-2)22-17(26)10-29-14-6-4-13(5-7-14)25-11-21-23-24-25/h4-7,11-12H,3,8-10H2,1-2H3,(H,22,26)/t12-/m0/s1. The van der Waals surface area contributed by atoms with Crippen LogP contribution in [0.2, 0.25) is 0 Å². The summed E-state index contributed by atoms with van der Waals surface area (Å²) in [5.41, 5.74) is 2.25. The van der Waals surface area contributed by atoms with Gasteiger partial charge in [-0.2, -0.15) is 0 Å². The number of thiophene rings is 1. The number of aromatic nitrogens is 4. The Morgan fingerprint density at radius 2 is 2.10 bits per heavy atom. The lowest BCUT2D eigenvalue weighted by Crippen LogP contribution is -2.21. The predicted octanol–water partition coefficient (Wildman–Crippen LogP) is 2.65. The van der Waals surface area contributed by atoms with E-state index in [2.05, 4.69) is 27.8 Å². The van der Waals surface area contributed by atoms with Crippen molar-refractivity contribution in [1.82, 2.24) is 20.2 Å². The Morgan fingerprint density at radius 3 is 2.80 bits per heavy atom. The molecule has 1 aromatic carbocycles. The Labute approximate surface area is 177 Å². The molecule has 0 fully saturated rings. The first-order chi connectivity index (χ1) is 14.5. The van der Waals surface area contributed by atoms with Crippen molar-refractivity contribution < 1.29 is 19.1 Å². The molecule has 9 nitrogen and oxygen atoms in total. The molecule has 2 heterocycles. The Morgan fingerprint density at radius 1 is 1.30 bits per heavy atom. The van der Waals surface area contributed by atoms with Gasteiger partial charge in [0.1, 0.15) is 17.1 Å². The van der Waals surface area contributed by atoms with Gasteiger partial charge in [0.05, 0.1) is 18.4 Å². The maximum atomic E-state index is 12.5. The molecule has 0 bridgehead atoms. The normalized spacial score (nSPS) is 15.3. The van der Waals surface area contributed by atoms with Crippen LogP contribution in [-0.2, 0) is 22.4 Å². The van der Waals surface area contributed by atoms with Crippen LogP contribution in [0.4, 0.5) is 5.00 Å². The average Bonchev–Trinajstić information content (AvgIpc) is 3.40. The molecule has 0 aliphatic heterocycles. The molecule has 0 saturated carbocycles. The number of nitrogens with zero attached hydrogens (tertiary/aromatic N) is 4. The quantitative estimate of drug-likeness (QED) is 0.603. The molecule has 2 aromatic heterocycles. The van der Waals surface area contributed by atoms with E-state index in [1.165, 1.54) is 29.5 Å². The lowest BCUT2D eigenvalue weighted by Gasteiger charge is -2.18. The van der Waals surface area contributed by atoms with Crippen molar-refractivity contribution in [1.29, 1.82) is 0 Å². The molecule has 0 spiro atoms. The van der Waals surface area contributed by atoms with Gasteiger partial charge in [-0.15, -0.1) is 16.4 Å². The Hall–Kier alpha value is -3.27. The minimum atomic E-state index is -0.420. The van der Waals surface area contributed by atoms with Crippen molar-refractivity contribution in [2.75, 3.05) is 19.0 Å². The fraction of sp³-hybridized carbons (Fsp3) is 0.350. The number of tetrazole rings is 1. The number of benzene rings is 1. The van der Waals surface area contributed by atoms with E-state index < -0.39 is 5.97 Å². The number of rotatable bonds is 6. The third-order valence-corrected chi connectivity index (χ3v) is 6.14. The summed E-state index contributed by atoms with van der Waals surface area (Å²) in [4.78, 5) is 25.9. The van der Waals surface area contributed by atoms with Crippen LogP contribution in [0.3, 0.4) is 0 Å². The molecule has 1 aliphatic rings. The topological polar surface area (TPSA) is 108 Å². The summed E-state index contributed by atoms with van der Waals surface area (Å²) in [6, 6.07) is 7.03. The number of fused-ring (bicyclic) bond motifs is 1. The van der Waals surface area contributed by atoms with E-state index in [1.807, 2.05) is 0 Å². The summed E-state index contributed by atoms with van der Waals surface area (Å²) in [6.45, 7) is 2.01. The van der Waals surface area contributed by atoms with Crippen molar-refractivity contribution in [3.8, 4) is 11.4 Å². The van der Waals surface area contributed by atoms with Gasteiger partial charge < -0.3 is 14.8 Å². The van der Waals surface area contributed by atoms with Gasteiger partial charge in [0, 0.05) is 4.88 Å². The lowest BCUT2D eigenvalue weighted by molar-refractivity contribution is -0.118. The van der Waals surface area contributed by atoms with E-state index >= 15 is 0 Å². The Bertz CT molecular complexity index is 1050. The van der Waals surface area contributed by atoms with Crippen molar-refractivity contribution in [3.05, 3.63) is 46.6 Å². The predicted molar refractivity (Wildman–Crippen MR) is 110 cm³/mol. The molecule has 3 aromatic rings. The van der Waals surface area contributed by atoms with Gasteiger partial charge in [-0.3, -0.25) is 4.79 Å². The number of ether oxygens (including phenoxy) is 2. The third-order valence-electron chi connectivity index (χ3n) is 4.97. The molecule has 1 N–H and O–H groups in total. The number of amides is 1. The molecule has 1 aliphatic carbocycles. The SMILES string of the molecule is COC(=O)c1c(NC(=O)COc2ccc(-n3cnnn3)cc2)sc2c1CC[C@H](C)C2. The van der Waals surface area contributed by atoms with Crippen LogP contribution in [-0.4, -0.2) is 45.8 Å². The summed E-state index contributed by atoms with van der Waals surface area (Å²) in [7, 11) is 1.35. The first kappa shape index (κ1) is 20.0. The van der Waals surface area contributed by atoms with Crippen LogP contribution < -0.4 is 10.1 Å². The molecule has 4 rings (SSSR count). The molecule has 10 heteroatoms. The highest BCUT2D eigenvalue weighted by molar-refractivity contribution is 7.17. The van der Waals surface area contributed by atoms with Gasteiger partial charge >= 0.3 is 5.97 Å². The number of anilines is 1. The maximum Gasteiger partial charge on any atom is 0.341 e. The monoisotopic (exact) mass is 427 g/mol. The van der Waals surface area contributed by atoms with Crippen LogP contribution in [0.15, 0.2) is 30.6 Å². The number of carbonyl (C=O) groups is 2. The molecule has 30 heavy (non-hydrogen) atoms. The van der Waals surface area contributed by atoms with E-state index in [1.54, 1.807) is 24.3 Å². The van der Waals surface area contributed by atoms with Gasteiger partial charge in [0.25, 0.3) is 5.91 Å². The number of esters is 1. The fourth-order valence-electron chi connectivity index (χ4n) is 3.44. The molecule has 1 amide bonds. The zero-order valence-corrected chi connectivity index (χ0v) is 17.4. The highest BCUT2D eigenvalue weighted by atomic mass is 32.1. The number of methoxy groups -OCH3 is 1. The first-order valence-corrected chi connectivity index (χ1v) is 10.4. The van der Waals surface area contributed by atoms with Crippen LogP contribution >= 0.6 is 11.3 Å². The van der Waals surface area contributed by atoms with E-state index in [9.17, 15) is 9.59 Å². The number of hydrogen-bond acceptors (Lipinski definition) is 8. The third kappa shape index (κ3) is 4.18. The van der Waals surface area contributed by atoms with Gasteiger partial charge in [-0.05, 0) is 65.4 Å². The number of hydrogen-bond donors (Lipinski definition) is 1. The molecule has 0 radical (unpaired) electrons. The Balaban J connectivity index is 1.42. The van der Waals surface area contributed by atoms with E-state index in [-0.39, 0.29) is 12.5 Å². The summed E-state index contributed by atoms with van der Waals surface area (Å²) < 4.78 is 12.0. The highest BCUT2D eigenvalue weighted by Gasteiger charge is 2.28. The van der Waals surface area contributed by atoms with Gasteiger partial charge in [0.2, 0.25) is 0 Å². The largest absolute Gasteiger partial charge is 0.484 e. The van der Waals surface area contributed by atoms with Crippen LogP contribution in [0.1, 0.15) is 34.1 Å². The molecule has 1 atom stereocenters. The minimum absolute atomic E-state index is 0.177. The molecule has 156 valence electrons. The molecule has 0 unspecified atom stereocenters. The molecular weight excluding hydrogens is 406 g/mol. The van der Waals surface area contributed by atoms with Crippen LogP contribution in [0.25, 0.3) is 5.69 Å². The van der Waals surface area contributed by atoms with Crippen molar-refractivity contribution in [2.45, 2.75) is 26.2 Å². The second-order valence-electron chi connectivity index (χ2n) is 7.13. The smallest absolute Gasteiger partial charge is 0.341 e. The minimum Gasteiger partial charge on any atom is -0.484 e. The van der Waals surface area contributed by atoms with Crippen molar-refractivity contribution in [3.63, 3.8) is 0 Å². The summed E-state index contributed by atoms with van der Waals surface area (Å²) in [6.07, 6.45) is 4.23. The lowest BCUT2D eigenvalue weighted by atomic mass is 9.88. The van der Waals surface area contributed by atoms with Gasteiger partial charge in [-0.1, -0.05) is 6.92 Å². The van der Waals surface area contributed by atoms with Gasteiger partial charge in [-0.25, -0.2) is 9.48 Å². The summed E-state index contributed by atoms with van der Waals surface area (Å²) >= 11 is 1.45. The average molecular weight is 427 g/mol. The van der Waals surface area contributed by atoms with E-state index in [0.717, 1.165) is 35.4 Å². The highest BCUT2D eigenvalue weighted by Crippen LogP contribution is 2.40. The van der Waals surface area contributed by atoms with E-state index in [0.29, 0.717) is 22.2 Å².